The van der Waals surface area contributed by atoms with Crippen LogP contribution in [0.25, 0.3) is 0 Å². The Labute approximate surface area is 99.7 Å². The highest BCUT2D eigenvalue weighted by Crippen LogP contribution is 2.12. The first kappa shape index (κ1) is 12.7. The zero-order valence-electron chi connectivity index (χ0n) is 10.4. The van der Waals surface area contributed by atoms with Gasteiger partial charge < -0.3 is 4.74 Å². The molecule has 0 spiro atoms. The summed E-state index contributed by atoms with van der Waals surface area (Å²) < 4.78 is 5.14. The molecule has 0 amide bonds. The minimum absolute atomic E-state index is 0.327. The first-order valence-corrected chi connectivity index (χ1v) is 6.31. The largest absolute Gasteiger partial charge is 0.457 e. The Bertz CT molecular complexity index is 436. The second-order valence-corrected chi connectivity index (χ2v) is 5.23. The fourth-order valence-electron chi connectivity index (χ4n) is 1.44. The molecule has 16 heavy (non-hydrogen) atoms. The first-order valence-electron chi connectivity index (χ1n) is 5.31. The standard InChI is InChI=1S/C13H18O2Si/c1-8(2)13(14)15-7-11-5-6-12(16)10(4)9(11)3/h5-6H,1,7H2,2-4,16H3. The van der Waals surface area contributed by atoms with E-state index in [1.54, 1.807) is 6.92 Å². The predicted molar refractivity (Wildman–Crippen MR) is 70.1 cm³/mol. The molecule has 0 radical (unpaired) electrons. The molecule has 1 aromatic rings. The van der Waals surface area contributed by atoms with E-state index in [-0.39, 0.29) is 5.97 Å². The molecule has 0 aliphatic heterocycles. The number of benzene rings is 1. The minimum atomic E-state index is -0.327. The van der Waals surface area contributed by atoms with Crippen molar-refractivity contribution >= 4 is 21.4 Å². The van der Waals surface area contributed by atoms with Crippen LogP contribution in [0.3, 0.4) is 0 Å². The van der Waals surface area contributed by atoms with E-state index >= 15 is 0 Å². The average Bonchev–Trinajstić information content (AvgIpc) is 2.24. The van der Waals surface area contributed by atoms with E-state index in [0.717, 1.165) is 15.8 Å². The quantitative estimate of drug-likeness (QED) is 0.441. The summed E-state index contributed by atoms with van der Waals surface area (Å²) in [6.07, 6.45) is 0. The van der Waals surface area contributed by atoms with Gasteiger partial charge in [-0.25, -0.2) is 4.79 Å². The lowest BCUT2D eigenvalue weighted by Gasteiger charge is -2.11. The van der Waals surface area contributed by atoms with Crippen molar-refractivity contribution in [2.24, 2.45) is 0 Å². The number of carbonyl (C=O) groups excluding carboxylic acids is 1. The van der Waals surface area contributed by atoms with Crippen LogP contribution in [0.2, 0.25) is 0 Å². The highest BCUT2D eigenvalue weighted by atomic mass is 28.1. The maximum absolute atomic E-state index is 11.3. The molecule has 2 nitrogen and oxygen atoms in total. The van der Waals surface area contributed by atoms with Crippen molar-refractivity contribution in [2.75, 3.05) is 0 Å². The summed E-state index contributed by atoms with van der Waals surface area (Å²) in [5, 5.41) is 1.40. The summed E-state index contributed by atoms with van der Waals surface area (Å²) in [7, 11) is 1.05. The molecule has 0 heterocycles. The Morgan fingerprint density at radius 3 is 2.56 bits per heavy atom. The lowest BCUT2D eigenvalue weighted by atomic mass is 10.0. The van der Waals surface area contributed by atoms with Crippen LogP contribution in [0, 0.1) is 13.8 Å². The van der Waals surface area contributed by atoms with Gasteiger partial charge in [0.15, 0.2) is 0 Å². The Hall–Kier alpha value is -1.35. The number of hydrogen-bond acceptors (Lipinski definition) is 2. The van der Waals surface area contributed by atoms with Crippen LogP contribution in [0.5, 0.6) is 0 Å². The summed E-state index contributed by atoms with van der Waals surface area (Å²) >= 11 is 0. The molecule has 0 atom stereocenters. The van der Waals surface area contributed by atoms with Crippen molar-refractivity contribution in [2.45, 2.75) is 27.4 Å². The molecule has 0 unspecified atom stereocenters. The average molecular weight is 234 g/mol. The summed E-state index contributed by atoms with van der Waals surface area (Å²) in [5.41, 5.74) is 4.05. The Balaban J connectivity index is 2.79. The number of hydrogen-bond donors (Lipinski definition) is 0. The van der Waals surface area contributed by atoms with E-state index in [1.807, 2.05) is 6.07 Å². The third-order valence-electron chi connectivity index (χ3n) is 2.88. The molecule has 86 valence electrons. The van der Waals surface area contributed by atoms with Gasteiger partial charge >= 0.3 is 5.97 Å². The molecule has 0 fully saturated rings. The Kier molecular flexibility index (Phi) is 4.07. The number of rotatable bonds is 3. The van der Waals surface area contributed by atoms with Crippen LogP contribution in [0.1, 0.15) is 23.6 Å². The van der Waals surface area contributed by atoms with Crippen LogP contribution < -0.4 is 5.19 Å². The third kappa shape index (κ3) is 2.82. The SMILES string of the molecule is C=C(C)C(=O)OCc1ccc([SiH3])c(C)c1C. The minimum Gasteiger partial charge on any atom is -0.457 e. The summed E-state index contributed by atoms with van der Waals surface area (Å²) in [6.45, 7) is 9.72. The monoisotopic (exact) mass is 234 g/mol. The Morgan fingerprint density at radius 1 is 1.38 bits per heavy atom. The van der Waals surface area contributed by atoms with Gasteiger partial charge in [0.1, 0.15) is 6.61 Å². The van der Waals surface area contributed by atoms with Gasteiger partial charge in [0.25, 0.3) is 0 Å². The molecule has 0 bridgehead atoms. The molecule has 0 aromatic heterocycles. The van der Waals surface area contributed by atoms with Gasteiger partial charge in [-0.15, -0.1) is 0 Å². The highest BCUT2D eigenvalue weighted by molar-refractivity contribution is 6.33. The second kappa shape index (κ2) is 5.12. The Morgan fingerprint density at radius 2 is 2.00 bits per heavy atom. The van der Waals surface area contributed by atoms with Crippen molar-refractivity contribution in [3.63, 3.8) is 0 Å². The molecule has 1 rings (SSSR count). The maximum atomic E-state index is 11.3. The summed E-state index contributed by atoms with van der Waals surface area (Å²) in [4.78, 5) is 11.3. The molecule has 1 aromatic carbocycles. The van der Waals surface area contributed by atoms with E-state index in [0.29, 0.717) is 12.2 Å². The van der Waals surface area contributed by atoms with Gasteiger partial charge in [0, 0.05) is 15.8 Å². The van der Waals surface area contributed by atoms with Crippen LogP contribution in [0.4, 0.5) is 0 Å². The van der Waals surface area contributed by atoms with Crippen molar-refractivity contribution in [1.29, 1.82) is 0 Å². The molecule has 3 heteroatoms. The summed E-state index contributed by atoms with van der Waals surface area (Å²) in [6, 6.07) is 4.15. The van der Waals surface area contributed by atoms with Crippen LogP contribution in [-0.4, -0.2) is 16.2 Å². The topological polar surface area (TPSA) is 26.3 Å². The van der Waals surface area contributed by atoms with E-state index < -0.39 is 0 Å². The number of carbonyl (C=O) groups is 1. The van der Waals surface area contributed by atoms with Gasteiger partial charge in [-0.05, 0) is 37.5 Å². The van der Waals surface area contributed by atoms with Gasteiger partial charge in [-0.2, -0.15) is 0 Å². The number of esters is 1. The van der Waals surface area contributed by atoms with Crippen molar-refractivity contribution in [3.8, 4) is 0 Å². The van der Waals surface area contributed by atoms with E-state index in [2.05, 4.69) is 26.5 Å². The smallest absolute Gasteiger partial charge is 0.333 e. The van der Waals surface area contributed by atoms with Gasteiger partial charge in [-0.3, -0.25) is 0 Å². The van der Waals surface area contributed by atoms with Gasteiger partial charge in [-0.1, -0.05) is 23.9 Å². The number of ether oxygens (including phenoxy) is 1. The maximum Gasteiger partial charge on any atom is 0.333 e. The van der Waals surface area contributed by atoms with Crippen LogP contribution in [-0.2, 0) is 16.1 Å². The molecule has 0 saturated carbocycles. The lowest BCUT2D eigenvalue weighted by molar-refractivity contribution is -0.140. The van der Waals surface area contributed by atoms with Crippen molar-refractivity contribution in [3.05, 3.63) is 41.0 Å². The van der Waals surface area contributed by atoms with Crippen LogP contribution >= 0.6 is 0 Å². The van der Waals surface area contributed by atoms with Crippen molar-refractivity contribution < 1.29 is 9.53 Å². The highest BCUT2D eigenvalue weighted by Gasteiger charge is 2.07. The molecule has 0 aliphatic carbocycles. The molecule has 0 saturated heterocycles. The molecular weight excluding hydrogens is 216 g/mol. The first-order chi connectivity index (χ1) is 7.43. The lowest BCUT2D eigenvalue weighted by Crippen LogP contribution is -2.12. The predicted octanol–water partition coefficient (Wildman–Crippen LogP) is 0.913. The molecule has 0 N–H and O–H groups in total. The fourth-order valence-corrected chi connectivity index (χ4v) is 1.98. The third-order valence-corrected chi connectivity index (χ3v) is 3.96. The summed E-state index contributed by atoms with van der Waals surface area (Å²) in [5.74, 6) is -0.327. The fraction of sp³-hybridized carbons (Fsp3) is 0.308. The zero-order chi connectivity index (χ0) is 12.3. The van der Waals surface area contributed by atoms with Gasteiger partial charge in [0.05, 0.1) is 0 Å². The van der Waals surface area contributed by atoms with E-state index in [9.17, 15) is 4.79 Å². The normalized spacial score (nSPS) is 10.2. The molecule has 0 aliphatic rings. The molecular formula is C13H18O2Si. The van der Waals surface area contributed by atoms with Crippen LogP contribution in [0.15, 0.2) is 24.3 Å². The van der Waals surface area contributed by atoms with E-state index in [1.165, 1.54) is 16.3 Å². The van der Waals surface area contributed by atoms with Crippen molar-refractivity contribution in [1.82, 2.24) is 0 Å². The van der Waals surface area contributed by atoms with Gasteiger partial charge in [0.2, 0.25) is 0 Å². The zero-order valence-corrected chi connectivity index (χ0v) is 12.4. The van der Waals surface area contributed by atoms with E-state index in [4.69, 9.17) is 4.74 Å². The second-order valence-electron chi connectivity index (χ2n) is 4.15.